The highest BCUT2D eigenvalue weighted by molar-refractivity contribution is 6.07. The number of amidine groups is 2. The highest BCUT2D eigenvalue weighted by Gasteiger charge is 2.38. The zero-order valence-electron chi connectivity index (χ0n) is 29.0. The number of aliphatic carboxylic acids is 1. The molecule has 274 valence electrons. The van der Waals surface area contributed by atoms with Crippen molar-refractivity contribution in [2.45, 2.75) is 50.6 Å². The molecule has 1 saturated heterocycles. The summed E-state index contributed by atoms with van der Waals surface area (Å²) in [6, 6.07) is 15.0. The number of halogens is 1. The van der Waals surface area contributed by atoms with E-state index in [1.54, 1.807) is 54.9 Å². The number of nitrogens with one attached hydrogen (secondary N) is 3. The number of aliphatic imine (C=N–C) groups is 1. The second-order valence-corrected chi connectivity index (χ2v) is 12.4. The second kappa shape index (κ2) is 20.1. The van der Waals surface area contributed by atoms with Crippen molar-refractivity contribution in [2.75, 3.05) is 58.5 Å². The van der Waals surface area contributed by atoms with Crippen LogP contribution in [-0.2, 0) is 20.8 Å². The predicted octanol–water partition coefficient (Wildman–Crippen LogP) is 4.47. The Bertz CT molecular complexity index is 1620. The largest absolute Gasteiger partial charge is 0.494 e. The van der Waals surface area contributed by atoms with Crippen LogP contribution in [-0.4, -0.2) is 97.2 Å². The van der Waals surface area contributed by atoms with E-state index in [1.807, 2.05) is 13.1 Å². The van der Waals surface area contributed by atoms with Crippen LogP contribution in [0.3, 0.4) is 0 Å². The fraction of sp³-hybridized carbons (Fsp3) is 0.432. The van der Waals surface area contributed by atoms with Crippen molar-refractivity contribution in [3.63, 3.8) is 0 Å². The minimum atomic E-state index is -0.985. The maximum absolute atomic E-state index is 14.7. The van der Waals surface area contributed by atoms with Crippen molar-refractivity contribution in [1.82, 2.24) is 15.2 Å². The molecule has 0 atom stereocenters. The number of aromatic nitrogens is 1. The lowest BCUT2D eigenvalue weighted by Crippen LogP contribution is -2.56. The number of nitrogens with zero attached hydrogens (tertiary/aromatic N) is 3. The molecule has 3 aromatic rings. The van der Waals surface area contributed by atoms with Gasteiger partial charge in [-0.1, -0.05) is 6.07 Å². The van der Waals surface area contributed by atoms with Crippen LogP contribution in [0.2, 0.25) is 0 Å². The van der Waals surface area contributed by atoms with E-state index in [2.05, 4.69) is 25.5 Å². The van der Waals surface area contributed by atoms with Crippen molar-refractivity contribution in [3.8, 4) is 5.75 Å². The van der Waals surface area contributed by atoms with E-state index in [4.69, 9.17) is 30.5 Å². The Kier molecular flexibility index (Phi) is 15.3. The number of unbranched alkanes of at least 4 members (excludes halogenated alkanes) is 2. The molecule has 2 heterocycles. The fourth-order valence-electron chi connectivity index (χ4n) is 5.51. The quantitative estimate of drug-likeness (QED) is 0.0639. The van der Waals surface area contributed by atoms with Gasteiger partial charge in [0.2, 0.25) is 0 Å². The van der Waals surface area contributed by atoms with Gasteiger partial charge in [-0.05, 0) is 94.1 Å². The van der Waals surface area contributed by atoms with E-state index in [-0.39, 0.29) is 24.9 Å². The first-order valence-corrected chi connectivity index (χ1v) is 17.1. The summed E-state index contributed by atoms with van der Waals surface area (Å²) in [5, 5.41) is 23.4. The van der Waals surface area contributed by atoms with Gasteiger partial charge in [-0.3, -0.25) is 15.2 Å². The highest BCUT2D eigenvalue weighted by atomic mass is 19.1. The molecule has 0 aliphatic carbocycles. The lowest BCUT2D eigenvalue weighted by atomic mass is 9.85. The zero-order valence-corrected chi connectivity index (χ0v) is 29.0. The lowest BCUT2D eigenvalue weighted by Gasteiger charge is -2.41. The van der Waals surface area contributed by atoms with E-state index in [0.29, 0.717) is 79.7 Å². The number of amides is 1. The van der Waals surface area contributed by atoms with Crippen molar-refractivity contribution >= 4 is 29.2 Å². The van der Waals surface area contributed by atoms with Crippen molar-refractivity contribution in [2.24, 2.45) is 10.7 Å². The summed E-state index contributed by atoms with van der Waals surface area (Å²) in [5.74, 6) is -0.932. The Morgan fingerprint density at radius 1 is 0.980 bits per heavy atom. The maximum Gasteiger partial charge on any atom is 0.329 e. The van der Waals surface area contributed by atoms with Crippen LogP contribution < -0.4 is 21.1 Å². The monoisotopic (exact) mass is 705 g/mol. The van der Waals surface area contributed by atoms with Gasteiger partial charge in [0.05, 0.1) is 12.1 Å². The standard InChI is InChI=1S/C37H48FN7O6/c1-45-17-13-37(14-18-45,36(40)43-34(39)27-11-15-41-16-12-27)44-30-8-5-7-28(23-30)35(48)42-25-29-24-31(9-10-32(29)38)51-22-4-2-3-19-49-20-6-21-50-26-33(46)47/h5,7-12,15-16,23-24,44H,2-4,6,13-14,17-22,25-26H2,1H3,(H,42,48)(H,46,47)(H3,39,40,43). The van der Waals surface area contributed by atoms with Crippen LogP contribution in [0.25, 0.3) is 0 Å². The number of carboxylic acid groups (broad SMARTS) is 1. The number of carbonyl (C=O) groups is 2. The van der Waals surface area contributed by atoms with Gasteiger partial charge in [-0.25, -0.2) is 14.2 Å². The summed E-state index contributed by atoms with van der Waals surface area (Å²) in [5.41, 5.74) is 7.87. The second-order valence-electron chi connectivity index (χ2n) is 12.4. The molecule has 2 aromatic carbocycles. The molecule has 1 fully saturated rings. The Morgan fingerprint density at radius 2 is 1.71 bits per heavy atom. The first kappa shape index (κ1) is 38.9. The number of anilines is 1. The number of hydrogen-bond acceptors (Lipinski definition) is 9. The molecule has 1 aliphatic rings. The number of hydrogen-bond donors (Lipinski definition) is 5. The van der Waals surface area contributed by atoms with Gasteiger partial charge in [0, 0.05) is 74.2 Å². The Morgan fingerprint density at radius 3 is 2.47 bits per heavy atom. The number of carboxylic acids is 1. The molecule has 14 heteroatoms. The van der Waals surface area contributed by atoms with Crippen molar-refractivity contribution in [3.05, 3.63) is 89.5 Å². The minimum Gasteiger partial charge on any atom is -0.494 e. The van der Waals surface area contributed by atoms with Gasteiger partial charge in [-0.15, -0.1) is 0 Å². The molecule has 0 radical (unpaired) electrons. The summed E-state index contributed by atoms with van der Waals surface area (Å²) >= 11 is 0. The number of pyridine rings is 1. The molecular weight excluding hydrogens is 657 g/mol. The molecule has 0 bridgehead atoms. The van der Waals surface area contributed by atoms with Gasteiger partial charge >= 0.3 is 5.97 Å². The SMILES string of the molecule is CN1CCC(Nc2cccc(C(=O)NCc3cc(OCCCCCOCCCOCC(=O)O)ccc3F)c2)(C(N)=NC(=N)c2ccncc2)CC1. The van der Waals surface area contributed by atoms with Crippen LogP contribution >= 0.6 is 0 Å². The topological polar surface area (TPSA) is 184 Å². The lowest BCUT2D eigenvalue weighted by molar-refractivity contribution is -0.142. The van der Waals surface area contributed by atoms with Crippen LogP contribution in [0.1, 0.15) is 60.0 Å². The summed E-state index contributed by atoms with van der Waals surface area (Å²) in [6.45, 7) is 3.13. The van der Waals surface area contributed by atoms with E-state index >= 15 is 0 Å². The summed E-state index contributed by atoms with van der Waals surface area (Å²) in [7, 11) is 2.04. The minimum absolute atomic E-state index is 0.0226. The number of benzene rings is 2. The Hall–Kier alpha value is -4.92. The molecule has 4 rings (SSSR count). The Labute approximate surface area is 297 Å². The molecule has 51 heavy (non-hydrogen) atoms. The molecule has 1 amide bonds. The normalized spacial score (nSPS) is 14.5. The van der Waals surface area contributed by atoms with Crippen molar-refractivity contribution in [1.29, 1.82) is 5.41 Å². The number of likely N-dealkylation sites (tertiary alicyclic amines) is 1. The van der Waals surface area contributed by atoms with E-state index in [1.165, 1.54) is 6.07 Å². The molecule has 1 aliphatic heterocycles. The molecule has 1 aromatic heterocycles. The molecule has 0 saturated carbocycles. The van der Waals surface area contributed by atoms with E-state index in [0.717, 1.165) is 32.4 Å². The number of ether oxygens (including phenoxy) is 3. The van der Waals surface area contributed by atoms with Gasteiger partial charge in [-0.2, -0.15) is 0 Å². The number of carbonyl (C=O) groups excluding carboxylic acids is 1. The first-order valence-electron chi connectivity index (χ1n) is 17.1. The molecule has 0 unspecified atom stereocenters. The van der Waals surface area contributed by atoms with E-state index < -0.39 is 17.3 Å². The maximum atomic E-state index is 14.7. The van der Waals surface area contributed by atoms with Crippen molar-refractivity contribution < 1.29 is 33.3 Å². The highest BCUT2D eigenvalue weighted by Crippen LogP contribution is 2.28. The first-order chi connectivity index (χ1) is 24.6. The number of nitrogens with two attached hydrogens (primary N) is 1. The average Bonchev–Trinajstić information content (AvgIpc) is 3.13. The van der Waals surface area contributed by atoms with Gasteiger partial charge in [0.15, 0.2) is 5.84 Å². The van der Waals surface area contributed by atoms with Crippen LogP contribution in [0.4, 0.5) is 10.1 Å². The van der Waals surface area contributed by atoms with Gasteiger partial charge in [0.1, 0.15) is 24.0 Å². The molecule has 6 N–H and O–H groups in total. The molecule has 13 nitrogen and oxygen atoms in total. The number of piperidine rings is 1. The van der Waals surface area contributed by atoms with Gasteiger partial charge < -0.3 is 40.6 Å². The van der Waals surface area contributed by atoms with Crippen LogP contribution in [0, 0.1) is 11.2 Å². The third kappa shape index (κ3) is 12.7. The van der Waals surface area contributed by atoms with Crippen LogP contribution in [0.5, 0.6) is 5.75 Å². The molecular formula is C37H48FN7O6. The summed E-state index contributed by atoms with van der Waals surface area (Å²) in [6.07, 6.45) is 7.69. The van der Waals surface area contributed by atoms with E-state index in [9.17, 15) is 14.0 Å². The summed E-state index contributed by atoms with van der Waals surface area (Å²) < 4.78 is 31.0. The predicted molar refractivity (Wildman–Crippen MR) is 193 cm³/mol. The zero-order chi connectivity index (χ0) is 36.5. The van der Waals surface area contributed by atoms with Gasteiger partial charge in [0.25, 0.3) is 5.91 Å². The number of rotatable bonds is 20. The average molecular weight is 706 g/mol. The fourth-order valence-corrected chi connectivity index (χ4v) is 5.51. The smallest absolute Gasteiger partial charge is 0.329 e. The van der Waals surface area contributed by atoms with Crippen LogP contribution in [0.15, 0.2) is 72.0 Å². The molecule has 0 spiro atoms. The Balaban J connectivity index is 1.26. The third-order valence-electron chi connectivity index (χ3n) is 8.49. The third-order valence-corrected chi connectivity index (χ3v) is 8.49. The summed E-state index contributed by atoms with van der Waals surface area (Å²) in [4.78, 5) is 34.3.